The lowest BCUT2D eigenvalue weighted by Gasteiger charge is -2.11. The molecule has 6 nitrogen and oxygen atoms in total. The number of aromatic nitrogens is 3. The van der Waals surface area contributed by atoms with Gasteiger partial charge in [0.1, 0.15) is 5.75 Å². The fourth-order valence-corrected chi connectivity index (χ4v) is 4.15. The van der Waals surface area contributed by atoms with Crippen molar-refractivity contribution in [2.24, 2.45) is 0 Å². The fraction of sp³-hybridized carbons (Fsp3) is 0.240. The monoisotopic (exact) mass is 414 g/mol. The van der Waals surface area contributed by atoms with Crippen LogP contribution < -0.4 is 10.1 Å². The summed E-state index contributed by atoms with van der Waals surface area (Å²) in [6.45, 7) is 8.63. The van der Waals surface area contributed by atoms with E-state index in [0.29, 0.717) is 12.1 Å². The number of nitrogens with one attached hydrogen (secondary N) is 1. The van der Waals surface area contributed by atoms with E-state index in [0.717, 1.165) is 50.5 Å². The number of methoxy groups -OCH3 is 1. The van der Waals surface area contributed by atoms with Gasteiger partial charge in [-0.2, -0.15) is 10.2 Å². The number of ether oxygens (including phenoxy) is 1. The van der Waals surface area contributed by atoms with Gasteiger partial charge in [0, 0.05) is 40.0 Å². The molecular formula is C25H26N4O2. The first-order valence-corrected chi connectivity index (χ1v) is 10.2. The Labute approximate surface area is 181 Å². The SMILES string of the molecule is COc1ccc(CNC(=O)c2ccc(-n3c(C)c4c(C)nnc(C)c4c3C)cc2)cc1. The number of amides is 1. The molecule has 0 aliphatic rings. The summed E-state index contributed by atoms with van der Waals surface area (Å²) in [6, 6.07) is 15.3. The van der Waals surface area contributed by atoms with Crippen molar-refractivity contribution in [3.63, 3.8) is 0 Å². The Balaban J connectivity index is 1.56. The summed E-state index contributed by atoms with van der Waals surface area (Å²) in [5.74, 6) is 0.694. The molecule has 2 aromatic carbocycles. The molecule has 0 bridgehead atoms. The molecule has 0 atom stereocenters. The van der Waals surface area contributed by atoms with Gasteiger partial charge >= 0.3 is 0 Å². The summed E-state index contributed by atoms with van der Waals surface area (Å²) in [7, 11) is 1.63. The minimum atomic E-state index is -0.103. The van der Waals surface area contributed by atoms with Crippen molar-refractivity contribution < 1.29 is 9.53 Å². The number of carbonyl (C=O) groups excluding carboxylic acids is 1. The predicted molar refractivity (Wildman–Crippen MR) is 122 cm³/mol. The van der Waals surface area contributed by atoms with Crippen molar-refractivity contribution in [1.82, 2.24) is 20.1 Å². The van der Waals surface area contributed by atoms with Crippen molar-refractivity contribution in [2.45, 2.75) is 34.2 Å². The van der Waals surface area contributed by atoms with E-state index in [4.69, 9.17) is 4.74 Å². The van der Waals surface area contributed by atoms with Gasteiger partial charge in [0.15, 0.2) is 0 Å². The van der Waals surface area contributed by atoms with Crippen molar-refractivity contribution in [3.05, 3.63) is 82.4 Å². The zero-order valence-electron chi connectivity index (χ0n) is 18.5. The molecule has 158 valence electrons. The molecule has 0 aliphatic heterocycles. The van der Waals surface area contributed by atoms with E-state index >= 15 is 0 Å². The molecule has 1 amide bonds. The third kappa shape index (κ3) is 3.77. The molecule has 0 spiro atoms. The van der Waals surface area contributed by atoms with E-state index in [2.05, 4.69) is 33.9 Å². The maximum atomic E-state index is 12.6. The Morgan fingerprint density at radius 1 is 0.871 bits per heavy atom. The average molecular weight is 415 g/mol. The highest BCUT2D eigenvalue weighted by atomic mass is 16.5. The Morgan fingerprint density at radius 3 is 1.94 bits per heavy atom. The summed E-state index contributed by atoms with van der Waals surface area (Å²) < 4.78 is 7.37. The number of hydrogen-bond acceptors (Lipinski definition) is 4. The molecule has 2 heterocycles. The van der Waals surface area contributed by atoms with Gasteiger partial charge in [-0.05, 0) is 69.7 Å². The van der Waals surface area contributed by atoms with Crippen molar-refractivity contribution in [3.8, 4) is 11.4 Å². The summed E-state index contributed by atoms with van der Waals surface area (Å²) in [5, 5.41) is 13.8. The topological polar surface area (TPSA) is 69.0 Å². The third-order valence-corrected chi connectivity index (χ3v) is 5.72. The first kappa shape index (κ1) is 20.6. The van der Waals surface area contributed by atoms with Crippen LogP contribution in [0.25, 0.3) is 16.5 Å². The zero-order chi connectivity index (χ0) is 22.1. The number of aryl methyl sites for hydroxylation is 4. The van der Waals surface area contributed by atoms with Gasteiger partial charge in [0.05, 0.1) is 18.5 Å². The molecule has 0 saturated carbocycles. The predicted octanol–water partition coefficient (Wildman–Crippen LogP) is 4.59. The van der Waals surface area contributed by atoms with Crippen LogP contribution in [0.2, 0.25) is 0 Å². The van der Waals surface area contributed by atoms with Gasteiger partial charge in [-0.3, -0.25) is 4.79 Å². The quantitative estimate of drug-likeness (QED) is 0.518. The Hall–Kier alpha value is -3.67. The van der Waals surface area contributed by atoms with Gasteiger partial charge < -0.3 is 14.6 Å². The van der Waals surface area contributed by atoms with Gasteiger partial charge in [0.2, 0.25) is 0 Å². The lowest BCUT2D eigenvalue weighted by molar-refractivity contribution is 0.0951. The summed E-state index contributed by atoms with van der Waals surface area (Å²) in [6.07, 6.45) is 0. The smallest absolute Gasteiger partial charge is 0.251 e. The van der Waals surface area contributed by atoms with Crippen LogP contribution in [0.15, 0.2) is 48.5 Å². The summed E-state index contributed by atoms with van der Waals surface area (Å²) in [4.78, 5) is 12.6. The summed E-state index contributed by atoms with van der Waals surface area (Å²) in [5.41, 5.74) is 6.75. The van der Waals surface area contributed by atoms with E-state index in [1.54, 1.807) is 7.11 Å². The molecule has 4 aromatic rings. The second kappa shape index (κ2) is 8.22. The Morgan fingerprint density at radius 2 is 1.42 bits per heavy atom. The molecule has 0 aliphatic carbocycles. The third-order valence-electron chi connectivity index (χ3n) is 5.72. The van der Waals surface area contributed by atoms with Crippen LogP contribution in [0.4, 0.5) is 0 Å². The number of rotatable bonds is 5. The number of benzene rings is 2. The molecule has 31 heavy (non-hydrogen) atoms. The minimum Gasteiger partial charge on any atom is -0.497 e. The summed E-state index contributed by atoms with van der Waals surface area (Å²) >= 11 is 0. The van der Waals surface area contributed by atoms with Crippen LogP contribution in [0.3, 0.4) is 0 Å². The van der Waals surface area contributed by atoms with Crippen molar-refractivity contribution in [2.75, 3.05) is 7.11 Å². The van der Waals surface area contributed by atoms with E-state index in [-0.39, 0.29) is 5.91 Å². The number of fused-ring (bicyclic) bond motifs is 1. The molecule has 0 radical (unpaired) electrons. The molecule has 0 fully saturated rings. The first-order valence-electron chi connectivity index (χ1n) is 10.2. The van der Waals surface area contributed by atoms with Crippen LogP contribution in [0.5, 0.6) is 5.75 Å². The van der Waals surface area contributed by atoms with Crippen LogP contribution >= 0.6 is 0 Å². The van der Waals surface area contributed by atoms with E-state index in [1.165, 1.54) is 0 Å². The number of hydrogen-bond donors (Lipinski definition) is 1. The van der Waals surface area contributed by atoms with Gasteiger partial charge in [0.25, 0.3) is 5.91 Å². The number of carbonyl (C=O) groups is 1. The Kier molecular flexibility index (Phi) is 5.46. The zero-order valence-corrected chi connectivity index (χ0v) is 18.5. The average Bonchev–Trinajstić information content (AvgIpc) is 3.06. The Bertz CT molecular complexity index is 1210. The maximum absolute atomic E-state index is 12.6. The molecule has 0 unspecified atom stereocenters. The van der Waals surface area contributed by atoms with Crippen molar-refractivity contribution >= 4 is 16.7 Å². The highest BCUT2D eigenvalue weighted by molar-refractivity contribution is 5.95. The second-order valence-electron chi connectivity index (χ2n) is 7.70. The largest absolute Gasteiger partial charge is 0.497 e. The van der Waals surface area contributed by atoms with Crippen LogP contribution in [0.1, 0.15) is 38.7 Å². The van der Waals surface area contributed by atoms with E-state index in [9.17, 15) is 4.79 Å². The van der Waals surface area contributed by atoms with Crippen LogP contribution in [0, 0.1) is 27.7 Å². The maximum Gasteiger partial charge on any atom is 0.251 e. The molecular weight excluding hydrogens is 388 g/mol. The number of nitrogens with zero attached hydrogens (tertiary/aromatic N) is 3. The second-order valence-corrected chi connectivity index (χ2v) is 7.70. The van der Waals surface area contributed by atoms with Gasteiger partial charge in [-0.1, -0.05) is 12.1 Å². The molecule has 2 aromatic heterocycles. The van der Waals surface area contributed by atoms with Crippen LogP contribution in [-0.4, -0.2) is 27.8 Å². The first-order chi connectivity index (χ1) is 14.9. The molecule has 4 rings (SSSR count). The van der Waals surface area contributed by atoms with Crippen LogP contribution in [-0.2, 0) is 6.54 Å². The van der Waals surface area contributed by atoms with Crippen molar-refractivity contribution in [1.29, 1.82) is 0 Å². The van der Waals surface area contributed by atoms with Gasteiger partial charge in [-0.15, -0.1) is 0 Å². The van der Waals surface area contributed by atoms with Gasteiger partial charge in [-0.25, -0.2) is 0 Å². The molecule has 0 saturated heterocycles. The highest BCUT2D eigenvalue weighted by Crippen LogP contribution is 2.31. The standard InChI is InChI=1S/C25H26N4O2/c1-15-23-17(3)29(18(4)24(23)16(2)28-27-15)21-10-8-20(9-11-21)25(30)26-14-19-6-12-22(31-5)13-7-19/h6-13H,14H2,1-5H3,(H,26,30). The fourth-order valence-electron chi connectivity index (χ4n) is 4.15. The van der Waals surface area contributed by atoms with E-state index in [1.807, 2.05) is 62.4 Å². The highest BCUT2D eigenvalue weighted by Gasteiger charge is 2.17. The van der Waals surface area contributed by atoms with E-state index < -0.39 is 0 Å². The lowest BCUT2D eigenvalue weighted by atomic mass is 10.1. The minimum absolute atomic E-state index is 0.103. The normalized spacial score (nSPS) is 11.0. The molecule has 1 N–H and O–H groups in total. The lowest BCUT2D eigenvalue weighted by Crippen LogP contribution is -2.22. The molecule has 6 heteroatoms.